The second kappa shape index (κ2) is 3.63. The van der Waals surface area contributed by atoms with Gasteiger partial charge in [0.25, 0.3) is 0 Å². The summed E-state index contributed by atoms with van der Waals surface area (Å²) in [4.78, 5) is 0. The van der Waals surface area contributed by atoms with E-state index in [1.807, 2.05) is 17.9 Å². The summed E-state index contributed by atoms with van der Waals surface area (Å²) in [5.74, 6) is 0.568. The lowest BCUT2D eigenvalue weighted by Crippen LogP contribution is -2.31. The normalized spacial score (nSPS) is 23.9. The van der Waals surface area contributed by atoms with Crippen molar-refractivity contribution < 1.29 is 0 Å². The van der Waals surface area contributed by atoms with Crippen LogP contribution >= 0.6 is 0 Å². The summed E-state index contributed by atoms with van der Waals surface area (Å²) in [5, 5.41) is 4.37. The molecule has 1 aliphatic rings. The van der Waals surface area contributed by atoms with Crippen molar-refractivity contribution >= 4 is 0 Å². The molecule has 0 radical (unpaired) electrons. The molecule has 3 nitrogen and oxygen atoms in total. The average Bonchev–Trinajstić information content (AvgIpc) is 2.53. The molecular formula is C12H21N3. The Bertz CT molecular complexity index is 352. The van der Waals surface area contributed by atoms with Crippen LogP contribution in [0.15, 0.2) is 6.20 Å². The summed E-state index contributed by atoms with van der Waals surface area (Å²) in [7, 11) is 2.05. The summed E-state index contributed by atoms with van der Waals surface area (Å²) >= 11 is 0. The van der Waals surface area contributed by atoms with E-state index < -0.39 is 0 Å². The fourth-order valence-corrected chi connectivity index (χ4v) is 2.83. The van der Waals surface area contributed by atoms with Crippen molar-refractivity contribution in [1.82, 2.24) is 9.78 Å². The van der Waals surface area contributed by atoms with Gasteiger partial charge in [-0.25, -0.2) is 0 Å². The van der Waals surface area contributed by atoms with E-state index in [1.165, 1.54) is 17.7 Å². The summed E-state index contributed by atoms with van der Waals surface area (Å²) < 4.78 is 2.04. The lowest BCUT2D eigenvalue weighted by Gasteiger charge is -2.38. The SMILES string of the molecule is Cn1ncc2c1C(CCN)C(C)(C)CC2. The number of fused-ring (bicyclic) bond motifs is 1. The molecule has 0 saturated carbocycles. The molecule has 0 spiro atoms. The third-order valence-electron chi connectivity index (χ3n) is 3.83. The van der Waals surface area contributed by atoms with Crippen molar-refractivity contribution in [2.75, 3.05) is 6.54 Å². The lowest BCUT2D eigenvalue weighted by molar-refractivity contribution is 0.226. The number of aromatic nitrogens is 2. The number of nitrogens with two attached hydrogens (primary N) is 1. The van der Waals surface area contributed by atoms with Gasteiger partial charge >= 0.3 is 0 Å². The minimum Gasteiger partial charge on any atom is -0.330 e. The number of nitrogens with zero attached hydrogens (tertiary/aromatic N) is 2. The maximum atomic E-state index is 5.73. The van der Waals surface area contributed by atoms with Crippen LogP contribution in [0.3, 0.4) is 0 Å². The van der Waals surface area contributed by atoms with Crippen LogP contribution in [-0.4, -0.2) is 16.3 Å². The van der Waals surface area contributed by atoms with Gasteiger partial charge in [-0.05, 0) is 36.8 Å². The first-order chi connectivity index (χ1) is 7.06. The molecule has 3 heteroatoms. The smallest absolute Gasteiger partial charge is 0.0524 e. The van der Waals surface area contributed by atoms with Gasteiger partial charge in [0.15, 0.2) is 0 Å². The van der Waals surface area contributed by atoms with Gasteiger partial charge in [-0.3, -0.25) is 4.68 Å². The molecule has 1 atom stereocenters. The third kappa shape index (κ3) is 1.69. The van der Waals surface area contributed by atoms with Crippen LogP contribution in [0.25, 0.3) is 0 Å². The lowest BCUT2D eigenvalue weighted by atomic mass is 9.67. The molecular weight excluding hydrogens is 186 g/mol. The first-order valence-electron chi connectivity index (χ1n) is 5.77. The van der Waals surface area contributed by atoms with Gasteiger partial charge in [0.2, 0.25) is 0 Å². The van der Waals surface area contributed by atoms with E-state index in [0.29, 0.717) is 11.3 Å². The fraction of sp³-hybridized carbons (Fsp3) is 0.750. The highest BCUT2D eigenvalue weighted by molar-refractivity contribution is 5.27. The van der Waals surface area contributed by atoms with Crippen LogP contribution in [0, 0.1) is 5.41 Å². The highest BCUT2D eigenvalue weighted by Crippen LogP contribution is 2.46. The molecule has 1 aliphatic carbocycles. The highest BCUT2D eigenvalue weighted by Gasteiger charge is 2.37. The molecule has 1 aromatic heterocycles. The molecule has 2 N–H and O–H groups in total. The Balaban J connectivity index is 2.42. The Morgan fingerprint density at radius 2 is 2.33 bits per heavy atom. The van der Waals surface area contributed by atoms with E-state index in [9.17, 15) is 0 Å². The Labute approximate surface area is 91.7 Å². The van der Waals surface area contributed by atoms with Crippen molar-refractivity contribution in [3.05, 3.63) is 17.5 Å². The Kier molecular flexibility index (Phi) is 2.59. The van der Waals surface area contributed by atoms with Gasteiger partial charge in [-0.1, -0.05) is 13.8 Å². The minimum atomic E-state index is 0.361. The Hall–Kier alpha value is -0.830. The Morgan fingerprint density at radius 1 is 1.60 bits per heavy atom. The highest BCUT2D eigenvalue weighted by atomic mass is 15.3. The van der Waals surface area contributed by atoms with E-state index in [0.717, 1.165) is 19.4 Å². The summed E-state index contributed by atoms with van der Waals surface area (Å²) in [6.07, 6.45) is 5.50. The number of hydrogen-bond donors (Lipinski definition) is 1. The molecule has 0 aliphatic heterocycles. The molecule has 0 saturated heterocycles. The molecule has 15 heavy (non-hydrogen) atoms. The van der Waals surface area contributed by atoms with Crippen LogP contribution in [0.2, 0.25) is 0 Å². The first kappa shape index (κ1) is 10.7. The molecule has 0 amide bonds. The summed E-state index contributed by atoms with van der Waals surface area (Å²) in [5.41, 5.74) is 8.93. The van der Waals surface area contributed by atoms with E-state index >= 15 is 0 Å². The zero-order chi connectivity index (χ0) is 11.1. The maximum Gasteiger partial charge on any atom is 0.0524 e. The molecule has 1 unspecified atom stereocenters. The molecule has 0 aromatic carbocycles. The van der Waals surface area contributed by atoms with Crippen LogP contribution in [0.1, 0.15) is 43.9 Å². The van der Waals surface area contributed by atoms with Crippen LogP contribution < -0.4 is 5.73 Å². The predicted molar refractivity (Wildman–Crippen MR) is 61.7 cm³/mol. The number of rotatable bonds is 2. The monoisotopic (exact) mass is 207 g/mol. The van der Waals surface area contributed by atoms with E-state index in [2.05, 4.69) is 18.9 Å². The molecule has 0 fully saturated rings. The van der Waals surface area contributed by atoms with Crippen LogP contribution in [0.4, 0.5) is 0 Å². The molecule has 1 heterocycles. The van der Waals surface area contributed by atoms with Crippen molar-refractivity contribution in [3.63, 3.8) is 0 Å². The van der Waals surface area contributed by atoms with Crippen LogP contribution in [-0.2, 0) is 13.5 Å². The molecule has 1 aromatic rings. The van der Waals surface area contributed by atoms with Gasteiger partial charge in [0, 0.05) is 18.7 Å². The minimum absolute atomic E-state index is 0.361. The predicted octanol–water partition coefficient (Wildman–Crippen LogP) is 1.82. The zero-order valence-corrected chi connectivity index (χ0v) is 9.95. The van der Waals surface area contributed by atoms with Crippen LogP contribution in [0.5, 0.6) is 0 Å². The van der Waals surface area contributed by atoms with Crippen molar-refractivity contribution in [1.29, 1.82) is 0 Å². The van der Waals surface area contributed by atoms with Gasteiger partial charge in [-0.2, -0.15) is 5.10 Å². The standard InChI is InChI=1S/C12H21N3/c1-12(2)6-4-9-8-14-15(3)11(9)10(12)5-7-13/h8,10H,4-7,13H2,1-3H3. The van der Waals surface area contributed by atoms with Gasteiger partial charge in [0.1, 0.15) is 0 Å². The largest absolute Gasteiger partial charge is 0.330 e. The molecule has 0 bridgehead atoms. The topological polar surface area (TPSA) is 43.8 Å². The first-order valence-corrected chi connectivity index (χ1v) is 5.77. The van der Waals surface area contributed by atoms with Gasteiger partial charge in [-0.15, -0.1) is 0 Å². The summed E-state index contributed by atoms with van der Waals surface area (Å²) in [6, 6.07) is 0. The van der Waals surface area contributed by atoms with Crippen molar-refractivity contribution in [3.8, 4) is 0 Å². The van der Waals surface area contributed by atoms with Gasteiger partial charge < -0.3 is 5.73 Å². The molecule has 2 rings (SSSR count). The summed E-state index contributed by atoms with van der Waals surface area (Å²) in [6.45, 7) is 5.46. The number of hydrogen-bond acceptors (Lipinski definition) is 2. The Morgan fingerprint density at radius 3 is 3.00 bits per heavy atom. The van der Waals surface area contributed by atoms with E-state index in [-0.39, 0.29) is 0 Å². The third-order valence-corrected chi connectivity index (χ3v) is 3.83. The number of aryl methyl sites for hydroxylation is 2. The second-order valence-corrected chi connectivity index (χ2v) is 5.30. The fourth-order valence-electron chi connectivity index (χ4n) is 2.83. The zero-order valence-electron chi connectivity index (χ0n) is 9.95. The quantitative estimate of drug-likeness (QED) is 0.804. The van der Waals surface area contributed by atoms with Crippen molar-refractivity contribution in [2.24, 2.45) is 18.2 Å². The van der Waals surface area contributed by atoms with E-state index in [1.54, 1.807) is 0 Å². The second-order valence-electron chi connectivity index (χ2n) is 5.30. The van der Waals surface area contributed by atoms with Crippen molar-refractivity contribution in [2.45, 2.75) is 39.0 Å². The van der Waals surface area contributed by atoms with Gasteiger partial charge in [0.05, 0.1) is 6.20 Å². The maximum absolute atomic E-state index is 5.73. The molecule has 84 valence electrons. The van der Waals surface area contributed by atoms with E-state index in [4.69, 9.17) is 5.73 Å². The average molecular weight is 207 g/mol.